The SMILES string of the molecule is C[C@@H](C(=O)Nc1cc2[nH]c(=O)[nH]c2cc1N1CCCC1)c1ccccc1. The third-order valence-electron chi connectivity index (χ3n) is 5.03. The lowest BCUT2D eigenvalue weighted by Gasteiger charge is -2.23. The zero-order chi connectivity index (χ0) is 18.1. The standard InChI is InChI=1S/C20H22N4O2/c1-13(14-7-3-2-4-8-14)19(25)21-17-11-15-16(23-20(26)22-15)12-18(17)24-9-5-6-10-24/h2-4,7-8,11-13H,5-6,9-10H2,1H3,(H,21,25)(H2,22,23,26)/t13-/m1/s1. The Morgan fingerprint density at radius 3 is 2.42 bits per heavy atom. The number of fused-ring (bicyclic) bond motifs is 1. The van der Waals surface area contributed by atoms with Crippen molar-refractivity contribution in [2.45, 2.75) is 25.7 Å². The van der Waals surface area contributed by atoms with Crippen LogP contribution in [-0.2, 0) is 4.79 Å². The number of hydrogen-bond donors (Lipinski definition) is 3. The minimum absolute atomic E-state index is 0.0612. The summed E-state index contributed by atoms with van der Waals surface area (Å²) in [6, 6.07) is 13.5. The number of aromatic amines is 2. The fourth-order valence-electron chi connectivity index (χ4n) is 3.52. The summed E-state index contributed by atoms with van der Waals surface area (Å²) >= 11 is 0. The molecule has 0 spiro atoms. The van der Waals surface area contributed by atoms with Gasteiger partial charge in [-0.25, -0.2) is 4.79 Å². The van der Waals surface area contributed by atoms with Crippen LogP contribution in [0.15, 0.2) is 47.3 Å². The van der Waals surface area contributed by atoms with Crippen molar-refractivity contribution in [3.63, 3.8) is 0 Å². The molecule has 0 unspecified atom stereocenters. The molecule has 2 heterocycles. The van der Waals surface area contributed by atoms with Crippen LogP contribution in [-0.4, -0.2) is 29.0 Å². The highest BCUT2D eigenvalue weighted by Crippen LogP contribution is 2.33. The van der Waals surface area contributed by atoms with Gasteiger partial charge in [0.2, 0.25) is 5.91 Å². The maximum absolute atomic E-state index is 12.8. The molecular weight excluding hydrogens is 328 g/mol. The zero-order valence-corrected chi connectivity index (χ0v) is 14.7. The summed E-state index contributed by atoms with van der Waals surface area (Å²) in [5, 5.41) is 3.07. The van der Waals surface area contributed by atoms with Crippen molar-refractivity contribution in [2.75, 3.05) is 23.3 Å². The number of benzene rings is 2. The van der Waals surface area contributed by atoms with Gasteiger partial charge in [-0.1, -0.05) is 30.3 Å². The number of nitrogens with zero attached hydrogens (tertiary/aromatic N) is 1. The lowest BCUT2D eigenvalue weighted by atomic mass is 10.0. The van der Waals surface area contributed by atoms with E-state index in [4.69, 9.17) is 0 Å². The molecule has 3 aromatic rings. The Morgan fingerprint density at radius 2 is 1.73 bits per heavy atom. The first-order valence-electron chi connectivity index (χ1n) is 8.98. The van der Waals surface area contributed by atoms with Crippen LogP contribution in [0.3, 0.4) is 0 Å². The average molecular weight is 350 g/mol. The molecule has 1 fully saturated rings. The molecular formula is C20H22N4O2. The molecule has 1 amide bonds. The predicted octanol–water partition coefficient (Wildman–Crippen LogP) is 3.20. The number of amides is 1. The molecule has 1 aliphatic rings. The van der Waals surface area contributed by atoms with E-state index in [-0.39, 0.29) is 17.5 Å². The number of hydrogen-bond acceptors (Lipinski definition) is 3. The Morgan fingerprint density at radius 1 is 1.08 bits per heavy atom. The van der Waals surface area contributed by atoms with E-state index in [0.29, 0.717) is 5.52 Å². The van der Waals surface area contributed by atoms with E-state index in [1.807, 2.05) is 49.4 Å². The summed E-state index contributed by atoms with van der Waals surface area (Å²) in [6.45, 7) is 3.81. The Bertz CT molecular complexity index is 984. The Hall–Kier alpha value is -3.02. The summed E-state index contributed by atoms with van der Waals surface area (Å²) in [5.74, 6) is -0.322. The third kappa shape index (κ3) is 3.10. The van der Waals surface area contributed by atoms with Gasteiger partial charge in [-0.15, -0.1) is 0 Å². The number of carbonyl (C=O) groups is 1. The first-order valence-corrected chi connectivity index (χ1v) is 8.98. The van der Waals surface area contributed by atoms with E-state index in [1.165, 1.54) is 0 Å². The van der Waals surface area contributed by atoms with E-state index in [2.05, 4.69) is 20.2 Å². The van der Waals surface area contributed by atoms with Gasteiger partial charge in [0, 0.05) is 13.1 Å². The molecule has 0 aliphatic carbocycles. The van der Waals surface area contributed by atoms with E-state index in [0.717, 1.165) is 48.4 Å². The van der Waals surface area contributed by atoms with Gasteiger partial charge < -0.3 is 20.2 Å². The van der Waals surface area contributed by atoms with E-state index in [1.54, 1.807) is 0 Å². The Kier molecular flexibility index (Phi) is 4.24. The number of imidazole rings is 1. The van der Waals surface area contributed by atoms with Gasteiger partial charge in [0.25, 0.3) is 0 Å². The minimum atomic E-state index is -0.261. The summed E-state index contributed by atoms with van der Waals surface area (Å²) in [4.78, 5) is 32.3. The topological polar surface area (TPSA) is 81.0 Å². The smallest absolute Gasteiger partial charge is 0.323 e. The number of rotatable bonds is 4. The van der Waals surface area contributed by atoms with Crippen LogP contribution >= 0.6 is 0 Å². The molecule has 0 bridgehead atoms. The van der Waals surface area contributed by atoms with Gasteiger partial charge >= 0.3 is 5.69 Å². The lowest BCUT2D eigenvalue weighted by molar-refractivity contribution is -0.117. The molecule has 26 heavy (non-hydrogen) atoms. The largest absolute Gasteiger partial charge is 0.370 e. The quantitative estimate of drug-likeness (QED) is 0.676. The monoisotopic (exact) mass is 350 g/mol. The maximum Gasteiger partial charge on any atom is 0.323 e. The molecule has 1 atom stereocenters. The van der Waals surface area contributed by atoms with Crippen LogP contribution in [0.5, 0.6) is 0 Å². The highest BCUT2D eigenvalue weighted by Gasteiger charge is 2.21. The molecule has 0 saturated carbocycles. The number of H-pyrrole nitrogens is 2. The predicted molar refractivity (Wildman–Crippen MR) is 104 cm³/mol. The fourth-order valence-corrected chi connectivity index (χ4v) is 3.52. The van der Waals surface area contributed by atoms with E-state index >= 15 is 0 Å². The van der Waals surface area contributed by atoms with Crippen LogP contribution < -0.4 is 15.9 Å². The van der Waals surface area contributed by atoms with Crippen molar-refractivity contribution in [1.82, 2.24) is 9.97 Å². The fraction of sp³-hybridized carbons (Fsp3) is 0.300. The van der Waals surface area contributed by atoms with Crippen LogP contribution in [0.4, 0.5) is 11.4 Å². The van der Waals surface area contributed by atoms with Gasteiger partial charge in [-0.2, -0.15) is 0 Å². The number of aromatic nitrogens is 2. The van der Waals surface area contributed by atoms with Gasteiger partial charge in [-0.3, -0.25) is 4.79 Å². The number of anilines is 2. The van der Waals surface area contributed by atoms with E-state index in [9.17, 15) is 9.59 Å². The highest BCUT2D eigenvalue weighted by atomic mass is 16.2. The van der Waals surface area contributed by atoms with Crippen LogP contribution in [0.2, 0.25) is 0 Å². The first-order chi connectivity index (χ1) is 12.6. The van der Waals surface area contributed by atoms with Gasteiger partial charge in [0.05, 0.1) is 28.3 Å². The molecule has 2 aromatic carbocycles. The number of nitrogens with one attached hydrogen (secondary N) is 3. The molecule has 1 aromatic heterocycles. The normalized spacial score (nSPS) is 15.3. The third-order valence-corrected chi connectivity index (χ3v) is 5.03. The summed E-state index contributed by atoms with van der Waals surface area (Å²) in [6.07, 6.45) is 2.27. The van der Waals surface area contributed by atoms with Crippen molar-refractivity contribution in [1.29, 1.82) is 0 Å². The van der Waals surface area contributed by atoms with Gasteiger partial charge in [-0.05, 0) is 37.5 Å². The van der Waals surface area contributed by atoms with Crippen molar-refractivity contribution in [3.8, 4) is 0 Å². The lowest BCUT2D eigenvalue weighted by Crippen LogP contribution is -2.23. The van der Waals surface area contributed by atoms with Crippen LogP contribution in [0, 0.1) is 0 Å². The Labute approximate surface area is 151 Å². The number of carbonyl (C=O) groups excluding carboxylic acids is 1. The maximum atomic E-state index is 12.8. The summed E-state index contributed by atoms with van der Waals surface area (Å²) in [7, 11) is 0. The average Bonchev–Trinajstić information content (AvgIpc) is 3.29. The summed E-state index contributed by atoms with van der Waals surface area (Å²) < 4.78 is 0. The second-order valence-corrected chi connectivity index (χ2v) is 6.81. The minimum Gasteiger partial charge on any atom is -0.370 e. The molecule has 0 radical (unpaired) electrons. The van der Waals surface area contributed by atoms with Crippen molar-refractivity contribution < 1.29 is 4.79 Å². The molecule has 1 saturated heterocycles. The van der Waals surface area contributed by atoms with Crippen LogP contribution in [0.25, 0.3) is 11.0 Å². The zero-order valence-electron chi connectivity index (χ0n) is 14.7. The second-order valence-electron chi connectivity index (χ2n) is 6.81. The first kappa shape index (κ1) is 16.4. The molecule has 1 aliphatic heterocycles. The van der Waals surface area contributed by atoms with Gasteiger partial charge in [0.15, 0.2) is 0 Å². The highest BCUT2D eigenvalue weighted by molar-refractivity contribution is 6.01. The summed E-state index contributed by atoms with van der Waals surface area (Å²) in [5.41, 5.74) is 3.88. The van der Waals surface area contributed by atoms with Crippen LogP contribution in [0.1, 0.15) is 31.2 Å². The molecule has 6 heteroatoms. The van der Waals surface area contributed by atoms with Crippen molar-refractivity contribution >= 4 is 28.3 Å². The Balaban J connectivity index is 1.68. The van der Waals surface area contributed by atoms with Gasteiger partial charge in [0.1, 0.15) is 0 Å². The molecule has 134 valence electrons. The molecule has 6 nitrogen and oxygen atoms in total. The van der Waals surface area contributed by atoms with Crippen molar-refractivity contribution in [3.05, 3.63) is 58.5 Å². The molecule has 4 rings (SSSR count). The molecule has 3 N–H and O–H groups in total. The van der Waals surface area contributed by atoms with E-state index < -0.39 is 0 Å². The second kappa shape index (κ2) is 6.71. The van der Waals surface area contributed by atoms with Crippen molar-refractivity contribution in [2.24, 2.45) is 0 Å².